The van der Waals surface area contributed by atoms with Crippen LogP contribution >= 0.6 is 0 Å². The Balaban J connectivity index is 2.04. The van der Waals surface area contributed by atoms with E-state index in [-0.39, 0.29) is 0 Å². The zero-order valence-electron chi connectivity index (χ0n) is 11.1. The lowest BCUT2D eigenvalue weighted by atomic mass is 10.0. The first kappa shape index (κ1) is 11.2. The number of imidazole rings is 1. The van der Waals surface area contributed by atoms with Gasteiger partial charge in [0.05, 0.1) is 5.69 Å². The van der Waals surface area contributed by atoms with Gasteiger partial charge in [-0.3, -0.25) is 4.98 Å². The van der Waals surface area contributed by atoms with Crippen LogP contribution in [0.2, 0.25) is 0 Å². The minimum absolute atomic E-state index is 0.951. The Morgan fingerprint density at radius 2 is 1.90 bits per heavy atom. The van der Waals surface area contributed by atoms with Gasteiger partial charge in [0.25, 0.3) is 0 Å². The van der Waals surface area contributed by atoms with Crippen LogP contribution in [-0.2, 0) is 0 Å². The Morgan fingerprint density at radius 3 is 2.80 bits per heavy atom. The Labute approximate surface area is 116 Å². The first-order chi connectivity index (χ1) is 9.83. The van der Waals surface area contributed by atoms with Gasteiger partial charge in [-0.15, -0.1) is 0 Å². The number of aryl methyl sites for hydroxylation is 1. The fourth-order valence-electron chi connectivity index (χ4n) is 2.61. The van der Waals surface area contributed by atoms with Gasteiger partial charge in [-0.05, 0) is 30.0 Å². The zero-order chi connectivity index (χ0) is 13.5. The molecule has 0 saturated heterocycles. The van der Waals surface area contributed by atoms with Gasteiger partial charge in [-0.1, -0.05) is 24.3 Å². The van der Waals surface area contributed by atoms with Crippen molar-refractivity contribution in [3.8, 4) is 11.3 Å². The molecule has 3 aromatic heterocycles. The van der Waals surface area contributed by atoms with Crippen LogP contribution in [0, 0.1) is 6.92 Å². The minimum atomic E-state index is 0.951. The normalized spacial score (nSPS) is 11.2. The van der Waals surface area contributed by atoms with Crippen LogP contribution in [0.5, 0.6) is 0 Å². The molecule has 0 atom stereocenters. The van der Waals surface area contributed by atoms with Crippen LogP contribution in [0.15, 0.2) is 61.2 Å². The summed E-state index contributed by atoms with van der Waals surface area (Å²) in [6.45, 7) is 2.11. The molecule has 0 spiro atoms. The smallest absolute Gasteiger partial charge is 0.137 e. The van der Waals surface area contributed by atoms with Crippen molar-refractivity contribution < 1.29 is 0 Å². The molecule has 0 unspecified atom stereocenters. The number of pyridine rings is 2. The van der Waals surface area contributed by atoms with Gasteiger partial charge < -0.3 is 4.40 Å². The number of fused-ring (bicyclic) bond motifs is 2. The largest absolute Gasteiger partial charge is 0.306 e. The van der Waals surface area contributed by atoms with Crippen molar-refractivity contribution in [2.75, 3.05) is 0 Å². The number of nitrogens with zero attached hydrogens (tertiary/aromatic N) is 3. The summed E-state index contributed by atoms with van der Waals surface area (Å²) in [4.78, 5) is 9.06. The standard InChI is InChI=1S/C17H13N3/c1-12-5-4-6-13-14(12)9-18-10-15(13)16-11-20-8-3-2-7-17(20)19-16/h2-11H,1H3. The second-order valence-corrected chi connectivity index (χ2v) is 4.95. The van der Waals surface area contributed by atoms with Crippen LogP contribution in [0.3, 0.4) is 0 Å². The number of aromatic nitrogens is 3. The van der Waals surface area contributed by atoms with Crippen LogP contribution in [0.25, 0.3) is 27.7 Å². The molecule has 3 heteroatoms. The Kier molecular flexibility index (Phi) is 2.33. The molecule has 0 aliphatic heterocycles. The molecule has 96 valence electrons. The lowest BCUT2D eigenvalue weighted by molar-refractivity contribution is 1.19. The molecule has 0 amide bonds. The van der Waals surface area contributed by atoms with Crippen molar-refractivity contribution in [2.24, 2.45) is 0 Å². The Bertz CT molecular complexity index is 889. The monoisotopic (exact) mass is 259 g/mol. The maximum Gasteiger partial charge on any atom is 0.137 e. The molecule has 0 fully saturated rings. The third-order valence-electron chi connectivity index (χ3n) is 3.66. The van der Waals surface area contributed by atoms with E-state index in [0.717, 1.165) is 16.9 Å². The van der Waals surface area contributed by atoms with Crippen LogP contribution in [0.4, 0.5) is 0 Å². The highest BCUT2D eigenvalue weighted by molar-refractivity contribution is 5.96. The molecule has 0 aliphatic carbocycles. The van der Waals surface area contributed by atoms with Gasteiger partial charge in [0.1, 0.15) is 5.65 Å². The van der Waals surface area contributed by atoms with Crippen molar-refractivity contribution in [2.45, 2.75) is 6.92 Å². The van der Waals surface area contributed by atoms with Gasteiger partial charge >= 0.3 is 0 Å². The van der Waals surface area contributed by atoms with Crippen molar-refractivity contribution >= 4 is 16.4 Å². The zero-order valence-corrected chi connectivity index (χ0v) is 11.1. The highest BCUT2D eigenvalue weighted by Crippen LogP contribution is 2.28. The molecular weight excluding hydrogens is 246 g/mol. The van der Waals surface area contributed by atoms with E-state index in [1.165, 1.54) is 16.3 Å². The van der Waals surface area contributed by atoms with E-state index in [4.69, 9.17) is 0 Å². The summed E-state index contributed by atoms with van der Waals surface area (Å²) >= 11 is 0. The first-order valence-corrected chi connectivity index (χ1v) is 6.60. The molecule has 0 saturated carbocycles. The first-order valence-electron chi connectivity index (χ1n) is 6.60. The van der Waals surface area contributed by atoms with Crippen molar-refractivity contribution in [3.63, 3.8) is 0 Å². The lowest BCUT2D eigenvalue weighted by Gasteiger charge is -2.05. The second kappa shape index (κ2) is 4.17. The lowest BCUT2D eigenvalue weighted by Crippen LogP contribution is -1.86. The van der Waals surface area contributed by atoms with Gasteiger partial charge in [-0.2, -0.15) is 0 Å². The summed E-state index contributed by atoms with van der Waals surface area (Å²) in [5.74, 6) is 0. The molecule has 0 bridgehead atoms. The van der Waals surface area contributed by atoms with E-state index in [0.29, 0.717) is 0 Å². The number of hydrogen-bond donors (Lipinski definition) is 0. The molecule has 20 heavy (non-hydrogen) atoms. The SMILES string of the molecule is Cc1cccc2c(-c3cn4ccccc4n3)cncc12. The van der Waals surface area contributed by atoms with Crippen molar-refractivity contribution in [3.05, 3.63) is 66.7 Å². The van der Waals surface area contributed by atoms with E-state index >= 15 is 0 Å². The molecule has 4 rings (SSSR count). The van der Waals surface area contributed by atoms with E-state index in [2.05, 4.69) is 35.1 Å². The van der Waals surface area contributed by atoms with Crippen LogP contribution < -0.4 is 0 Å². The van der Waals surface area contributed by atoms with Gasteiger partial charge in [0.2, 0.25) is 0 Å². The average molecular weight is 259 g/mol. The van der Waals surface area contributed by atoms with Crippen LogP contribution in [-0.4, -0.2) is 14.4 Å². The molecule has 0 N–H and O–H groups in total. The van der Waals surface area contributed by atoms with Crippen molar-refractivity contribution in [1.29, 1.82) is 0 Å². The third kappa shape index (κ3) is 1.60. The van der Waals surface area contributed by atoms with E-state index in [9.17, 15) is 0 Å². The van der Waals surface area contributed by atoms with Gasteiger partial charge in [-0.25, -0.2) is 4.98 Å². The van der Waals surface area contributed by atoms with Crippen LogP contribution in [0.1, 0.15) is 5.56 Å². The average Bonchev–Trinajstić information content (AvgIpc) is 2.91. The predicted octanol–water partition coefficient (Wildman–Crippen LogP) is 3.86. The number of benzene rings is 1. The maximum atomic E-state index is 4.69. The topological polar surface area (TPSA) is 30.2 Å². The van der Waals surface area contributed by atoms with Gasteiger partial charge in [0, 0.05) is 35.7 Å². The third-order valence-corrected chi connectivity index (χ3v) is 3.66. The molecule has 0 radical (unpaired) electrons. The fourth-order valence-corrected chi connectivity index (χ4v) is 2.61. The molecule has 1 aromatic carbocycles. The highest BCUT2D eigenvalue weighted by Gasteiger charge is 2.09. The summed E-state index contributed by atoms with van der Waals surface area (Å²) in [5.41, 5.74) is 4.22. The molecule has 4 aromatic rings. The van der Waals surface area contributed by atoms with E-state index in [1.807, 2.05) is 47.4 Å². The van der Waals surface area contributed by atoms with E-state index in [1.54, 1.807) is 0 Å². The maximum absolute atomic E-state index is 4.69. The van der Waals surface area contributed by atoms with Gasteiger partial charge in [0.15, 0.2) is 0 Å². The molecule has 3 nitrogen and oxygen atoms in total. The summed E-state index contributed by atoms with van der Waals surface area (Å²) in [5, 5.41) is 2.38. The predicted molar refractivity (Wildman–Crippen MR) is 80.7 cm³/mol. The summed E-state index contributed by atoms with van der Waals surface area (Å²) in [6.07, 6.45) is 7.87. The Hall–Kier alpha value is -2.68. The fraction of sp³-hybridized carbons (Fsp3) is 0.0588. The number of hydrogen-bond acceptors (Lipinski definition) is 2. The second-order valence-electron chi connectivity index (χ2n) is 4.95. The minimum Gasteiger partial charge on any atom is -0.306 e. The molecule has 3 heterocycles. The molecular formula is C17H13N3. The quantitative estimate of drug-likeness (QED) is 0.519. The Morgan fingerprint density at radius 1 is 0.950 bits per heavy atom. The molecule has 0 aliphatic rings. The summed E-state index contributed by atoms with van der Waals surface area (Å²) in [6, 6.07) is 12.3. The van der Waals surface area contributed by atoms with Crippen molar-refractivity contribution in [1.82, 2.24) is 14.4 Å². The number of rotatable bonds is 1. The summed E-state index contributed by atoms with van der Waals surface area (Å²) < 4.78 is 2.03. The highest BCUT2D eigenvalue weighted by atomic mass is 15.0. The van der Waals surface area contributed by atoms with E-state index < -0.39 is 0 Å². The summed E-state index contributed by atoms with van der Waals surface area (Å²) in [7, 11) is 0.